The number of fused-ring (bicyclic) bond motifs is 1. The molecule has 0 spiro atoms. The van der Waals surface area contributed by atoms with Gasteiger partial charge in [-0.05, 0) is 24.3 Å². The number of H-pyrrole nitrogens is 1. The normalized spacial score (nSPS) is 12.0. The average Bonchev–Trinajstić information content (AvgIpc) is 2.82. The Morgan fingerprint density at radius 1 is 1.19 bits per heavy atom. The first-order chi connectivity index (χ1) is 9.86. The van der Waals surface area contributed by atoms with Crippen molar-refractivity contribution >= 4 is 22.6 Å². The Kier molecular flexibility index (Phi) is 3.09. The average molecular weight is 316 g/mol. The number of alkyl halides is 3. The summed E-state index contributed by atoms with van der Waals surface area (Å²) < 4.78 is 51.7. The number of nitrogens with zero attached hydrogens (tertiary/aromatic N) is 2. The molecule has 0 atom stereocenters. The Hall–Kier alpha value is -2.15. The Morgan fingerprint density at radius 3 is 2.62 bits per heavy atom. The number of nitrogens with one attached hydrogen (secondary N) is 1. The molecule has 2 aromatic heterocycles. The molecule has 8 heteroatoms. The van der Waals surface area contributed by atoms with E-state index < -0.39 is 17.6 Å². The number of hydrogen-bond acceptors (Lipinski definition) is 2. The molecule has 3 rings (SSSR count). The lowest BCUT2D eigenvalue weighted by Gasteiger charge is -2.05. The van der Waals surface area contributed by atoms with E-state index in [1.165, 1.54) is 6.20 Å². The molecule has 0 saturated carbocycles. The second-order valence-corrected chi connectivity index (χ2v) is 4.64. The van der Waals surface area contributed by atoms with Gasteiger partial charge in [-0.25, -0.2) is 14.4 Å². The van der Waals surface area contributed by atoms with Crippen LogP contribution in [0.25, 0.3) is 22.4 Å². The molecule has 108 valence electrons. The van der Waals surface area contributed by atoms with Crippen LogP contribution in [-0.2, 0) is 6.18 Å². The summed E-state index contributed by atoms with van der Waals surface area (Å²) in [5.74, 6) is -0.875. The zero-order valence-corrected chi connectivity index (χ0v) is 10.9. The number of hydrogen-bond donors (Lipinski definition) is 1. The monoisotopic (exact) mass is 315 g/mol. The molecule has 2 heterocycles. The minimum absolute atomic E-state index is 0.113. The molecule has 0 unspecified atom stereocenters. The first kappa shape index (κ1) is 13.8. The van der Waals surface area contributed by atoms with Crippen LogP contribution in [0, 0.1) is 5.82 Å². The van der Waals surface area contributed by atoms with E-state index in [1.807, 2.05) is 0 Å². The van der Waals surface area contributed by atoms with E-state index in [2.05, 4.69) is 15.0 Å². The molecule has 0 radical (unpaired) electrons. The quantitative estimate of drug-likeness (QED) is 0.533. The van der Waals surface area contributed by atoms with Gasteiger partial charge >= 0.3 is 6.18 Å². The summed E-state index contributed by atoms with van der Waals surface area (Å²) in [5.41, 5.74) is -0.957. The van der Waals surface area contributed by atoms with Crippen molar-refractivity contribution in [2.45, 2.75) is 6.18 Å². The third-order valence-electron chi connectivity index (χ3n) is 2.89. The molecular formula is C13H6ClF4N3. The molecule has 0 aliphatic carbocycles. The number of benzene rings is 1. The van der Waals surface area contributed by atoms with E-state index >= 15 is 0 Å². The van der Waals surface area contributed by atoms with Crippen molar-refractivity contribution in [2.24, 2.45) is 0 Å². The largest absolute Gasteiger partial charge is 0.416 e. The van der Waals surface area contributed by atoms with Crippen LogP contribution in [0.3, 0.4) is 0 Å². The second kappa shape index (κ2) is 4.70. The van der Waals surface area contributed by atoms with Crippen molar-refractivity contribution in [3.63, 3.8) is 0 Å². The highest BCUT2D eigenvalue weighted by Crippen LogP contribution is 2.33. The van der Waals surface area contributed by atoms with Crippen LogP contribution >= 0.6 is 11.6 Å². The Balaban J connectivity index is 2.21. The third-order valence-corrected chi connectivity index (χ3v) is 3.19. The van der Waals surface area contributed by atoms with Gasteiger partial charge in [-0.1, -0.05) is 11.6 Å². The van der Waals surface area contributed by atoms with Gasteiger partial charge < -0.3 is 4.98 Å². The van der Waals surface area contributed by atoms with E-state index in [0.717, 1.165) is 6.07 Å². The fourth-order valence-electron chi connectivity index (χ4n) is 1.92. The lowest BCUT2D eigenvalue weighted by molar-refractivity contribution is -0.137. The molecule has 0 saturated heterocycles. The fourth-order valence-corrected chi connectivity index (χ4v) is 2.13. The highest BCUT2D eigenvalue weighted by atomic mass is 35.5. The number of rotatable bonds is 1. The first-order valence-electron chi connectivity index (χ1n) is 5.73. The van der Waals surface area contributed by atoms with Gasteiger partial charge in [-0.2, -0.15) is 13.2 Å². The smallest absolute Gasteiger partial charge is 0.335 e. The van der Waals surface area contributed by atoms with Crippen LogP contribution in [0.4, 0.5) is 17.6 Å². The van der Waals surface area contributed by atoms with Crippen molar-refractivity contribution in [1.82, 2.24) is 15.0 Å². The van der Waals surface area contributed by atoms with Crippen molar-refractivity contribution in [2.75, 3.05) is 0 Å². The van der Waals surface area contributed by atoms with Gasteiger partial charge in [0, 0.05) is 6.20 Å². The van der Waals surface area contributed by atoms with Crippen LogP contribution in [0.5, 0.6) is 0 Å². The number of halogens is 5. The maximum atomic E-state index is 13.8. The summed E-state index contributed by atoms with van der Waals surface area (Å²) in [5, 5.41) is 0.119. The second-order valence-electron chi connectivity index (χ2n) is 4.28. The summed E-state index contributed by atoms with van der Waals surface area (Å²) in [4.78, 5) is 10.4. The molecule has 3 nitrogen and oxygen atoms in total. The molecule has 0 aliphatic heterocycles. The molecule has 1 N–H and O–H groups in total. The summed E-state index contributed by atoms with van der Waals surface area (Å²) in [6, 6.07) is 4.37. The van der Waals surface area contributed by atoms with E-state index in [9.17, 15) is 17.6 Å². The summed E-state index contributed by atoms with van der Waals surface area (Å²) >= 11 is 5.89. The summed E-state index contributed by atoms with van der Waals surface area (Å²) in [6.45, 7) is 0. The molecule has 0 aliphatic rings. The SMILES string of the molecule is Fc1cc(C(F)(F)F)cc2nc(-c3cccnc3Cl)[nH]c12. The van der Waals surface area contributed by atoms with E-state index in [1.54, 1.807) is 12.1 Å². The molecule has 1 aromatic carbocycles. The lowest BCUT2D eigenvalue weighted by atomic mass is 10.2. The Bertz CT molecular complexity index is 826. The van der Waals surface area contributed by atoms with Crippen molar-refractivity contribution < 1.29 is 17.6 Å². The highest BCUT2D eigenvalue weighted by Gasteiger charge is 2.32. The molecule has 0 amide bonds. The molecular weight excluding hydrogens is 310 g/mol. The van der Waals surface area contributed by atoms with Gasteiger partial charge in [0.1, 0.15) is 22.3 Å². The lowest BCUT2D eigenvalue weighted by Crippen LogP contribution is -2.05. The maximum Gasteiger partial charge on any atom is 0.416 e. The van der Waals surface area contributed by atoms with Crippen molar-refractivity contribution in [3.8, 4) is 11.4 Å². The molecule has 21 heavy (non-hydrogen) atoms. The topological polar surface area (TPSA) is 41.6 Å². The van der Waals surface area contributed by atoms with Crippen LogP contribution < -0.4 is 0 Å². The van der Waals surface area contributed by atoms with E-state index in [-0.39, 0.29) is 22.0 Å². The maximum absolute atomic E-state index is 13.8. The third kappa shape index (κ3) is 2.44. The Labute approximate surface area is 120 Å². The zero-order chi connectivity index (χ0) is 15.2. The summed E-state index contributed by atoms with van der Waals surface area (Å²) in [7, 11) is 0. The molecule has 0 bridgehead atoms. The van der Waals surface area contributed by atoms with Gasteiger partial charge in [0.05, 0.1) is 16.6 Å². The van der Waals surface area contributed by atoms with Crippen LogP contribution in [0.15, 0.2) is 30.5 Å². The molecule has 0 fully saturated rings. The predicted molar refractivity (Wildman–Crippen MR) is 69.3 cm³/mol. The zero-order valence-electron chi connectivity index (χ0n) is 10.2. The van der Waals surface area contributed by atoms with Gasteiger partial charge in [-0.15, -0.1) is 0 Å². The predicted octanol–water partition coefficient (Wildman–Crippen LogP) is 4.44. The summed E-state index contributed by atoms with van der Waals surface area (Å²) in [6.07, 6.45) is -3.18. The standard InChI is InChI=1S/C13H6ClF4N3/c14-11-7(2-1-3-19-11)12-20-9-5-6(13(16,17)18)4-8(15)10(9)21-12/h1-5H,(H,20,21). The van der Waals surface area contributed by atoms with Crippen molar-refractivity contribution in [3.05, 3.63) is 47.0 Å². The number of pyridine rings is 1. The number of aromatic nitrogens is 3. The van der Waals surface area contributed by atoms with Gasteiger partial charge in [0.15, 0.2) is 0 Å². The first-order valence-corrected chi connectivity index (χ1v) is 6.11. The highest BCUT2D eigenvalue weighted by molar-refractivity contribution is 6.31. The van der Waals surface area contributed by atoms with Gasteiger partial charge in [-0.3, -0.25) is 0 Å². The molecule has 3 aromatic rings. The van der Waals surface area contributed by atoms with Crippen LogP contribution in [-0.4, -0.2) is 15.0 Å². The van der Waals surface area contributed by atoms with Crippen LogP contribution in [0.2, 0.25) is 5.15 Å². The van der Waals surface area contributed by atoms with E-state index in [4.69, 9.17) is 11.6 Å². The van der Waals surface area contributed by atoms with Crippen molar-refractivity contribution in [1.29, 1.82) is 0 Å². The number of imidazole rings is 1. The van der Waals surface area contributed by atoms with E-state index in [0.29, 0.717) is 11.6 Å². The number of aromatic amines is 1. The Morgan fingerprint density at radius 2 is 1.95 bits per heavy atom. The van der Waals surface area contributed by atoms with Crippen LogP contribution in [0.1, 0.15) is 5.56 Å². The van der Waals surface area contributed by atoms with Gasteiger partial charge in [0.2, 0.25) is 0 Å². The van der Waals surface area contributed by atoms with Gasteiger partial charge in [0.25, 0.3) is 0 Å². The fraction of sp³-hybridized carbons (Fsp3) is 0.0769. The minimum atomic E-state index is -4.64. The minimum Gasteiger partial charge on any atom is -0.335 e.